The van der Waals surface area contributed by atoms with Crippen LogP contribution >= 0.6 is 11.3 Å². The summed E-state index contributed by atoms with van der Waals surface area (Å²) in [6.07, 6.45) is 4.78. The van der Waals surface area contributed by atoms with E-state index in [1.165, 1.54) is 29.7 Å². The third kappa shape index (κ3) is 3.20. The smallest absolute Gasteiger partial charge is 0.266 e. The standard InChI is InChI=1S/C17H13FN4O2S/c18-12-2-3-13-11(8-12)10-22(6-7-24-13)17(23)14-9-21-16(25-14)15-19-4-1-5-20-15/h1-5,8-9H,6-7,10H2. The molecule has 0 spiro atoms. The summed E-state index contributed by atoms with van der Waals surface area (Å²) < 4.78 is 19.1. The van der Waals surface area contributed by atoms with E-state index in [0.717, 1.165) is 0 Å². The molecule has 0 bridgehead atoms. The van der Waals surface area contributed by atoms with E-state index in [2.05, 4.69) is 15.0 Å². The fraction of sp³-hybridized carbons (Fsp3) is 0.176. The molecule has 0 N–H and O–H groups in total. The number of nitrogens with zero attached hydrogens (tertiary/aromatic N) is 4. The van der Waals surface area contributed by atoms with Crippen LogP contribution in [0.15, 0.2) is 42.9 Å². The molecule has 6 nitrogen and oxygen atoms in total. The molecule has 25 heavy (non-hydrogen) atoms. The van der Waals surface area contributed by atoms with Crippen LogP contribution in [-0.4, -0.2) is 38.9 Å². The van der Waals surface area contributed by atoms with Gasteiger partial charge in [0.15, 0.2) is 10.8 Å². The highest BCUT2D eigenvalue weighted by atomic mass is 32.1. The zero-order chi connectivity index (χ0) is 17.2. The first-order valence-corrected chi connectivity index (χ1v) is 8.46. The number of amides is 1. The van der Waals surface area contributed by atoms with E-state index in [9.17, 15) is 9.18 Å². The fourth-order valence-corrected chi connectivity index (χ4v) is 3.41. The van der Waals surface area contributed by atoms with E-state index in [4.69, 9.17) is 4.74 Å². The number of thiazole rings is 1. The topological polar surface area (TPSA) is 68.2 Å². The summed E-state index contributed by atoms with van der Waals surface area (Å²) in [6.45, 7) is 1.07. The van der Waals surface area contributed by atoms with Gasteiger partial charge in [0.2, 0.25) is 0 Å². The van der Waals surface area contributed by atoms with Gasteiger partial charge >= 0.3 is 0 Å². The summed E-state index contributed by atoms with van der Waals surface area (Å²) in [5, 5.41) is 0.585. The Morgan fingerprint density at radius 3 is 2.92 bits per heavy atom. The minimum Gasteiger partial charge on any atom is -0.491 e. The van der Waals surface area contributed by atoms with Crippen molar-refractivity contribution in [1.29, 1.82) is 0 Å². The number of fused-ring (bicyclic) bond motifs is 1. The lowest BCUT2D eigenvalue weighted by Gasteiger charge is -2.18. The predicted octanol–water partition coefficient (Wildman–Crippen LogP) is 2.77. The first kappa shape index (κ1) is 15.6. The molecule has 0 fully saturated rings. The molecule has 3 aromatic rings. The quantitative estimate of drug-likeness (QED) is 0.706. The van der Waals surface area contributed by atoms with Gasteiger partial charge < -0.3 is 9.64 Å². The lowest BCUT2D eigenvalue weighted by atomic mass is 10.2. The van der Waals surface area contributed by atoms with E-state index in [0.29, 0.717) is 46.7 Å². The Kier molecular flexibility index (Phi) is 4.10. The van der Waals surface area contributed by atoms with Crippen LogP contribution in [0.4, 0.5) is 4.39 Å². The Hall–Kier alpha value is -2.87. The second-order valence-corrected chi connectivity index (χ2v) is 6.46. The first-order valence-electron chi connectivity index (χ1n) is 7.64. The molecule has 1 aliphatic heterocycles. The molecule has 4 rings (SSSR count). The zero-order valence-corrected chi connectivity index (χ0v) is 13.9. The molecule has 1 aromatic carbocycles. The fourth-order valence-electron chi connectivity index (χ4n) is 2.58. The van der Waals surface area contributed by atoms with Gasteiger partial charge in [-0.3, -0.25) is 4.79 Å². The van der Waals surface area contributed by atoms with Gasteiger partial charge in [0, 0.05) is 24.5 Å². The lowest BCUT2D eigenvalue weighted by molar-refractivity contribution is 0.0738. The summed E-state index contributed by atoms with van der Waals surface area (Å²) in [5.74, 6) is 0.580. The number of hydrogen-bond acceptors (Lipinski definition) is 6. The first-order chi connectivity index (χ1) is 12.2. The third-order valence-electron chi connectivity index (χ3n) is 3.76. The van der Waals surface area contributed by atoms with Gasteiger partial charge in [-0.05, 0) is 24.3 Å². The number of halogens is 1. The Morgan fingerprint density at radius 1 is 1.24 bits per heavy atom. The molecule has 0 radical (unpaired) electrons. The Balaban J connectivity index is 1.58. The number of carbonyl (C=O) groups excluding carboxylic acids is 1. The molecule has 2 aromatic heterocycles. The Morgan fingerprint density at radius 2 is 2.08 bits per heavy atom. The number of aromatic nitrogens is 3. The summed E-state index contributed by atoms with van der Waals surface area (Å²) in [4.78, 5) is 27.4. The molecule has 0 aliphatic carbocycles. The maximum atomic E-state index is 13.5. The molecule has 126 valence electrons. The van der Waals surface area contributed by atoms with Crippen molar-refractivity contribution in [2.24, 2.45) is 0 Å². The van der Waals surface area contributed by atoms with Crippen molar-refractivity contribution in [2.75, 3.05) is 13.2 Å². The average Bonchev–Trinajstić information content (AvgIpc) is 3.03. The minimum atomic E-state index is -0.349. The molecule has 8 heteroatoms. The van der Waals surface area contributed by atoms with Crippen LogP contribution in [0, 0.1) is 5.82 Å². The molecular weight excluding hydrogens is 343 g/mol. The molecule has 1 amide bonds. The van der Waals surface area contributed by atoms with Crippen LogP contribution in [0.25, 0.3) is 10.8 Å². The van der Waals surface area contributed by atoms with E-state index < -0.39 is 0 Å². The number of benzene rings is 1. The maximum Gasteiger partial charge on any atom is 0.266 e. The maximum absolute atomic E-state index is 13.5. The summed E-state index contributed by atoms with van der Waals surface area (Å²) in [5.41, 5.74) is 0.655. The van der Waals surface area contributed by atoms with Gasteiger partial charge in [-0.15, -0.1) is 11.3 Å². The molecule has 1 aliphatic rings. The predicted molar refractivity (Wildman–Crippen MR) is 89.8 cm³/mol. The third-order valence-corrected chi connectivity index (χ3v) is 4.74. The highest BCUT2D eigenvalue weighted by Crippen LogP contribution is 2.27. The monoisotopic (exact) mass is 356 g/mol. The second kappa shape index (κ2) is 6.56. The van der Waals surface area contributed by atoms with Gasteiger partial charge in [0.1, 0.15) is 23.1 Å². The van der Waals surface area contributed by atoms with E-state index in [1.54, 1.807) is 29.4 Å². The normalized spacial score (nSPS) is 13.7. The van der Waals surface area contributed by atoms with Gasteiger partial charge in [0.25, 0.3) is 5.91 Å². The number of ether oxygens (including phenoxy) is 1. The molecule has 0 atom stereocenters. The SMILES string of the molecule is O=C(c1cnc(-c2ncccn2)s1)N1CCOc2ccc(F)cc2C1. The molecule has 0 unspecified atom stereocenters. The van der Waals surface area contributed by atoms with Crippen molar-refractivity contribution < 1.29 is 13.9 Å². The van der Waals surface area contributed by atoms with E-state index in [-0.39, 0.29) is 11.7 Å². The average molecular weight is 356 g/mol. The van der Waals surface area contributed by atoms with Gasteiger partial charge in [-0.25, -0.2) is 19.3 Å². The van der Waals surface area contributed by atoms with Crippen LogP contribution in [0.1, 0.15) is 15.2 Å². The number of rotatable bonds is 2. The van der Waals surface area contributed by atoms with Gasteiger partial charge in [-0.1, -0.05) is 0 Å². The van der Waals surface area contributed by atoms with Crippen molar-refractivity contribution in [3.63, 3.8) is 0 Å². The molecular formula is C17H13FN4O2S. The van der Waals surface area contributed by atoms with Gasteiger partial charge in [-0.2, -0.15) is 0 Å². The molecule has 0 saturated carbocycles. The highest BCUT2D eigenvalue weighted by molar-refractivity contribution is 7.16. The van der Waals surface area contributed by atoms with Crippen LogP contribution in [0.5, 0.6) is 5.75 Å². The minimum absolute atomic E-state index is 0.166. The van der Waals surface area contributed by atoms with Crippen molar-refractivity contribution in [1.82, 2.24) is 19.9 Å². The summed E-state index contributed by atoms with van der Waals surface area (Å²) in [7, 11) is 0. The molecule has 3 heterocycles. The second-order valence-electron chi connectivity index (χ2n) is 5.43. The summed E-state index contributed by atoms with van der Waals surface area (Å²) >= 11 is 1.24. The Labute approximate surface area is 146 Å². The highest BCUT2D eigenvalue weighted by Gasteiger charge is 2.23. The van der Waals surface area contributed by atoms with Gasteiger partial charge in [0.05, 0.1) is 12.7 Å². The number of carbonyl (C=O) groups is 1. The Bertz CT molecular complexity index is 916. The van der Waals surface area contributed by atoms with E-state index >= 15 is 0 Å². The van der Waals surface area contributed by atoms with Crippen LogP contribution in [-0.2, 0) is 6.54 Å². The van der Waals surface area contributed by atoms with Crippen molar-refractivity contribution in [2.45, 2.75) is 6.54 Å². The van der Waals surface area contributed by atoms with Crippen molar-refractivity contribution in [3.05, 3.63) is 59.1 Å². The largest absolute Gasteiger partial charge is 0.491 e. The lowest BCUT2D eigenvalue weighted by Crippen LogP contribution is -2.31. The summed E-state index contributed by atoms with van der Waals surface area (Å²) in [6, 6.07) is 6.07. The zero-order valence-electron chi connectivity index (χ0n) is 13.1. The number of hydrogen-bond donors (Lipinski definition) is 0. The van der Waals surface area contributed by atoms with Crippen LogP contribution < -0.4 is 4.74 Å². The van der Waals surface area contributed by atoms with Crippen LogP contribution in [0.2, 0.25) is 0 Å². The van der Waals surface area contributed by atoms with Crippen LogP contribution in [0.3, 0.4) is 0 Å². The molecule has 0 saturated heterocycles. The van der Waals surface area contributed by atoms with Crippen molar-refractivity contribution >= 4 is 17.2 Å². The van der Waals surface area contributed by atoms with E-state index in [1.807, 2.05) is 0 Å². The van der Waals surface area contributed by atoms with Crippen molar-refractivity contribution in [3.8, 4) is 16.6 Å².